The molecule has 7 nitrogen and oxygen atoms in total. The van der Waals surface area contributed by atoms with E-state index in [-0.39, 0.29) is 18.2 Å². The number of hydrogen-bond donors (Lipinski definition) is 3. The summed E-state index contributed by atoms with van der Waals surface area (Å²) < 4.78 is 47.8. The van der Waals surface area contributed by atoms with E-state index in [2.05, 4.69) is 10.6 Å². The number of nitrogens with one attached hydrogen (secondary N) is 2. The standard InChI is InChI=1S/C14H19F2N3O4S/c1-8(2)12(17)13(21)18-7-11(20)19-9-4-3-5-10(6-9)24(22,23)14(15)16/h3-6,8,12,14H,7,17H2,1-2H3,(H,18,21)(H,19,20)/t12-/m0/s1. The Morgan fingerprint density at radius 1 is 1.25 bits per heavy atom. The van der Waals surface area contributed by atoms with Gasteiger partial charge in [0.2, 0.25) is 21.7 Å². The number of anilines is 1. The lowest BCUT2D eigenvalue weighted by molar-refractivity contribution is -0.125. The van der Waals surface area contributed by atoms with Gasteiger partial charge in [0, 0.05) is 5.69 Å². The Morgan fingerprint density at radius 2 is 1.88 bits per heavy atom. The molecular formula is C14H19F2N3O4S. The number of carbonyl (C=O) groups is 2. The van der Waals surface area contributed by atoms with Crippen molar-refractivity contribution < 1.29 is 26.8 Å². The molecule has 0 heterocycles. The number of benzene rings is 1. The van der Waals surface area contributed by atoms with Crippen LogP contribution >= 0.6 is 0 Å². The fourth-order valence-corrected chi connectivity index (χ4v) is 2.41. The van der Waals surface area contributed by atoms with Crippen LogP contribution in [0.5, 0.6) is 0 Å². The molecule has 0 spiro atoms. The third-order valence-corrected chi connectivity index (χ3v) is 4.51. The maximum atomic E-state index is 12.5. The van der Waals surface area contributed by atoms with E-state index >= 15 is 0 Å². The predicted molar refractivity (Wildman–Crippen MR) is 84.1 cm³/mol. The fourth-order valence-electron chi connectivity index (χ4n) is 1.65. The first-order valence-electron chi connectivity index (χ1n) is 7.01. The Hall–Kier alpha value is -2.07. The summed E-state index contributed by atoms with van der Waals surface area (Å²) in [4.78, 5) is 22.8. The highest BCUT2D eigenvalue weighted by Gasteiger charge is 2.26. The molecule has 134 valence electrons. The van der Waals surface area contributed by atoms with E-state index in [1.54, 1.807) is 13.8 Å². The Bertz CT molecular complexity index is 708. The van der Waals surface area contributed by atoms with Gasteiger partial charge in [-0.15, -0.1) is 0 Å². The van der Waals surface area contributed by atoms with Gasteiger partial charge in [0.25, 0.3) is 0 Å². The molecule has 0 aromatic heterocycles. The third-order valence-electron chi connectivity index (χ3n) is 3.13. The van der Waals surface area contributed by atoms with Gasteiger partial charge < -0.3 is 16.4 Å². The molecule has 10 heteroatoms. The molecule has 0 radical (unpaired) electrons. The van der Waals surface area contributed by atoms with Crippen molar-refractivity contribution in [3.05, 3.63) is 24.3 Å². The van der Waals surface area contributed by atoms with E-state index in [0.29, 0.717) is 0 Å². The third kappa shape index (κ3) is 5.24. The second kappa shape index (κ2) is 8.15. The summed E-state index contributed by atoms with van der Waals surface area (Å²) in [5.74, 6) is -4.82. The Morgan fingerprint density at radius 3 is 2.42 bits per heavy atom. The lowest BCUT2D eigenvalue weighted by Crippen LogP contribution is -2.46. The monoisotopic (exact) mass is 363 g/mol. The summed E-state index contributed by atoms with van der Waals surface area (Å²) in [6.07, 6.45) is 0. The number of nitrogens with two attached hydrogens (primary N) is 1. The summed E-state index contributed by atoms with van der Waals surface area (Å²) >= 11 is 0. The van der Waals surface area contributed by atoms with E-state index in [4.69, 9.17) is 5.73 Å². The normalized spacial score (nSPS) is 13.0. The maximum Gasteiger partial charge on any atom is 0.341 e. The zero-order valence-corrected chi connectivity index (χ0v) is 13.9. The summed E-state index contributed by atoms with van der Waals surface area (Å²) in [5, 5.41) is 4.65. The molecule has 0 bridgehead atoms. The average molecular weight is 363 g/mol. The van der Waals surface area contributed by atoms with E-state index in [1.807, 2.05) is 0 Å². The van der Waals surface area contributed by atoms with Gasteiger partial charge in [-0.25, -0.2) is 8.42 Å². The summed E-state index contributed by atoms with van der Waals surface area (Å²) in [6, 6.07) is 3.71. The summed E-state index contributed by atoms with van der Waals surface area (Å²) in [6.45, 7) is 3.11. The van der Waals surface area contributed by atoms with Crippen molar-refractivity contribution in [3.63, 3.8) is 0 Å². The van der Waals surface area contributed by atoms with Gasteiger partial charge in [-0.1, -0.05) is 19.9 Å². The average Bonchev–Trinajstić information content (AvgIpc) is 2.51. The predicted octanol–water partition coefficient (Wildman–Crippen LogP) is 0.721. The van der Waals surface area contributed by atoms with Crippen LogP contribution < -0.4 is 16.4 Å². The molecule has 2 amide bonds. The van der Waals surface area contributed by atoms with Gasteiger partial charge in [0.1, 0.15) is 0 Å². The number of hydrogen-bond acceptors (Lipinski definition) is 5. The Labute approximate surface area is 138 Å². The highest BCUT2D eigenvalue weighted by atomic mass is 32.2. The number of rotatable bonds is 7. The molecule has 1 rings (SSSR count). The second-order valence-electron chi connectivity index (χ2n) is 5.37. The van der Waals surface area contributed by atoms with Crippen molar-refractivity contribution in [2.24, 2.45) is 11.7 Å². The first kappa shape index (κ1) is 20.0. The van der Waals surface area contributed by atoms with Gasteiger partial charge in [0.15, 0.2) is 0 Å². The Balaban J connectivity index is 2.71. The molecule has 0 aliphatic rings. The first-order valence-corrected chi connectivity index (χ1v) is 8.55. The molecule has 24 heavy (non-hydrogen) atoms. The SMILES string of the molecule is CC(C)[C@H](N)C(=O)NCC(=O)Nc1cccc(S(=O)(=O)C(F)F)c1. The van der Waals surface area contributed by atoms with Gasteiger partial charge >= 0.3 is 5.76 Å². The highest BCUT2D eigenvalue weighted by Crippen LogP contribution is 2.21. The molecule has 1 aromatic carbocycles. The van der Waals surface area contributed by atoms with Crippen LogP contribution in [-0.4, -0.2) is 38.6 Å². The number of amides is 2. The molecule has 0 saturated carbocycles. The fraction of sp³-hybridized carbons (Fsp3) is 0.429. The molecule has 0 aliphatic heterocycles. The van der Waals surface area contributed by atoms with Crippen molar-refractivity contribution in [2.45, 2.75) is 30.5 Å². The molecule has 0 fully saturated rings. The van der Waals surface area contributed by atoms with Crippen LogP contribution in [0.15, 0.2) is 29.2 Å². The van der Waals surface area contributed by atoms with E-state index in [9.17, 15) is 26.8 Å². The molecule has 0 saturated heterocycles. The minimum atomic E-state index is -4.75. The lowest BCUT2D eigenvalue weighted by atomic mass is 10.1. The van der Waals surface area contributed by atoms with Crippen molar-refractivity contribution in [1.29, 1.82) is 0 Å². The van der Waals surface area contributed by atoms with Gasteiger partial charge in [-0.2, -0.15) is 8.78 Å². The highest BCUT2D eigenvalue weighted by molar-refractivity contribution is 7.91. The van der Waals surface area contributed by atoms with E-state index in [0.717, 1.165) is 12.1 Å². The second-order valence-corrected chi connectivity index (χ2v) is 7.29. The molecule has 4 N–H and O–H groups in total. The number of alkyl halides is 2. The molecule has 1 atom stereocenters. The zero-order valence-electron chi connectivity index (χ0n) is 13.1. The number of sulfone groups is 1. The van der Waals surface area contributed by atoms with Crippen LogP contribution in [0.25, 0.3) is 0 Å². The molecule has 0 aliphatic carbocycles. The minimum Gasteiger partial charge on any atom is -0.346 e. The molecule has 1 aromatic rings. The zero-order chi connectivity index (χ0) is 18.5. The largest absolute Gasteiger partial charge is 0.346 e. The van der Waals surface area contributed by atoms with Crippen molar-refractivity contribution in [2.75, 3.05) is 11.9 Å². The van der Waals surface area contributed by atoms with Crippen LogP contribution in [0.1, 0.15) is 13.8 Å². The van der Waals surface area contributed by atoms with Crippen molar-refractivity contribution in [1.82, 2.24) is 5.32 Å². The number of halogens is 2. The van der Waals surface area contributed by atoms with Crippen LogP contribution in [0, 0.1) is 5.92 Å². The maximum absolute atomic E-state index is 12.5. The first-order chi connectivity index (χ1) is 11.1. The molecular weight excluding hydrogens is 344 g/mol. The van der Waals surface area contributed by atoms with Crippen molar-refractivity contribution in [3.8, 4) is 0 Å². The smallest absolute Gasteiger partial charge is 0.341 e. The van der Waals surface area contributed by atoms with Crippen LogP contribution in [0.3, 0.4) is 0 Å². The van der Waals surface area contributed by atoms with Crippen molar-refractivity contribution >= 4 is 27.3 Å². The number of carbonyl (C=O) groups excluding carboxylic acids is 2. The molecule has 0 unspecified atom stereocenters. The van der Waals surface area contributed by atoms with Crippen LogP contribution in [0.4, 0.5) is 14.5 Å². The minimum absolute atomic E-state index is 0.0177. The van der Waals surface area contributed by atoms with E-state index in [1.165, 1.54) is 12.1 Å². The topological polar surface area (TPSA) is 118 Å². The van der Waals surface area contributed by atoms with Gasteiger partial charge in [0.05, 0.1) is 17.5 Å². The van der Waals surface area contributed by atoms with Gasteiger partial charge in [-0.05, 0) is 24.1 Å². The van der Waals surface area contributed by atoms with Crippen LogP contribution in [-0.2, 0) is 19.4 Å². The van der Waals surface area contributed by atoms with Gasteiger partial charge in [-0.3, -0.25) is 9.59 Å². The summed E-state index contributed by atoms with van der Waals surface area (Å²) in [5.41, 5.74) is 5.63. The quantitative estimate of drug-likeness (QED) is 0.660. The summed E-state index contributed by atoms with van der Waals surface area (Å²) in [7, 11) is -4.75. The van der Waals surface area contributed by atoms with Crippen LogP contribution in [0.2, 0.25) is 0 Å². The van der Waals surface area contributed by atoms with E-state index < -0.39 is 38.3 Å². The Kier molecular flexibility index (Phi) is 6.79. The lowest BCUT2D eigenvalue weighted by Gasteiger charge is -2.15.